The lowest BCUT2D eigenvalue weighted by molar-refractivity contribution is 0.397. The van der Waals surface area contributed by atoms with E-state index in [9.17, 15) is 4.39 Å². The first-order valence-electron chi connectivity index (χ1n) is 5.91. The molecule has 2 N–H and O–H groups in total. The minimum Gasteiger partial charge on any atom is -0.496 e. The van der Waals surface area contributed by atoms with Crippen LogP contribution in [0.4, 0.5) is 4.39 Å². The summed E-state index contributed by atoms with van der Waals surface area (Å²) in [6.45, 7) is 0.306. The second-order valence-electron chi connectivity index (χ2n) is 4.06. The average molecular weight is 261 g/mol. The first-order valence-corrected chi connectivity index (χ1v) is 5.91. The van der Waals surface area contributed by atoms with Gasteiger partial charge in [0.1, 0.15) is 17.3 Å². The molecule has 0 saturated heterocycles. The number of methoxy groups -OCH3 is 2. The summed E-state index contributed by atoms with van der Waals surface area (Å²) in [5, 5.41) is 0. The normalized spacial score (nSPS) is 10.3. The summed E-state index contributed by atoms with van der Waals surface area (Å²) in [6.07, 6.45) is 0. The molecule has 19 heavy (non-hydrogen) atoms. The summed E-state index contributed by atoms with van der Waals surface area (Å²) in [6, 6.07) is 10.3. The zero-order chi connectivity index (χ0) is 13.8. The van der Waals surface area contributed by atoms with Gasteiger partial charge in [-0.25, -0.2) is 4.39 Å². The molecule has 0 fully saturated rings. The highest BCUT2D eigenvalue weighted by Gasteiger charge is 2.16. The standard InChI is InChI=1S/C15H16FNO2/c1-18-13-4-3-5-14(19-2)15(13)11-7-6-10(9-17)8-12(11)16/h3-8H,9,17H2,1-2H3. The Kier molecular flexibility index (Phi) is 4.02. The van der Waals surface area contributed by atoms with E-state index in [1.54, 1.807) is 44.6 Å². The molecule has 2 rings (SSSR count). The molecule has 4 heteroatoms. The van der Waals surface area contributed by atoms with Gasteiger partial charge in [-0.15, -0.1) is 0 Å². The fourth-order valence-electron chi connectivity index (χ4n) is 2.00. The Morgan fingerprint density at radius 3 is 2.16 bits per heavy atom. The zero-order valence-electron chi connectivity index (χ0n) is 10.9. The molecule has 100 valence electrons. The average Bonchev–Trinajstić information content (AvgIpc) is 2.46. The molecule has 2 aromatic carbocycles. The molecule has 0 aromatic heterocycles. The third-order valence-corrected chi connectivity index (χ3v) is 2.97. The molecule has 0 heterocycles. The van der Waals surface area contributed by atoms with E-state index in [0.29, 0.717) is 29.2 Å². The van der Waals surface area contributed by atoms with Gasteiger partial charge in [-0.3, -0.25) is 0 Å². The van der Waals surface area contributed by atoms with Crippen molar-refractivity contribution < 1.29 is 13.9 Å². The molecule has 0 bridgehead atoms. The number of rotatable bonds is 4. The number of nitrogens with two attached hydrogens (primary N) is 1. The largest absolute Gasteiger partial charge is 0.496 e. The van der Waals surface area contributed by atoms with Gasteiger partial charge in [0.25, 0.3) is 0 Å². The van der Waals surface area contributed by atoms with E-state index in [-0.39, 0.29) is 5.82 Å². The lowest BCUT2D eigenvalue weighted by Crippen LogP contribution is -1.99. The summed E-state index contributed by atoms with van der Waals surface area (Å²) in [7, 11) is 3.09. The van der Waals surface area contributed by atoms with Crippen LogP contribution in [-0.4, -0.2) is 14.2 Å². The zero-order valence-corrected chi connectivity index (χ0v) is 10.9. The third-order valence-electron chi connectivity index (χ3n) is 2.97. The maximum absolute atomic E-state index is 14.2. The van der Waals surface area contributed by atoms with E-state index in [2.05, 4.69) is 0 Å². The van der Waals surface area contributed by atoms with Gasteiger partial charge >= 0.3 is 0 Å². The van der Waals surface area contributed by atoms with E-state index in [1.165, 1.54) is 6.07 Å². The lowest BCUT2D eigenvalue weighted by atomic mass is 10.0. The van der Waals surface area contributed by atoms with E-state index < -0.39 is 0 Å². The summed E-state index contributed by atoms with van der Waals surface area (Å²) in [5.74, 6) is 0.795. The van der Waals surface area contributed by atoms with Crippen LogP contribution in [0.1, 0.15) is 5.56 Å². The van der Waals surface area contributed by atoms with Crippen molar-refractivity contribution in [3.05, 3.63) is 47.8 Å². The van der Waals surface area contributed by atoms with Gasteiger partial charge in [0.2, 0.25) is 0 Å². The third kappa shape index (κ3) is 2.53. The highest BCUT2D eigenvalue weighted by molar-refractivity contribution is 5.77. The number of ether oxygens (including phenoxy) is 2. The first-order chi connectivity index (χ1) is 9.21. The quantitative estimate of drug-likeness (QED) is 0.920. The predicted octanol–water partition coefficient (Wildman–Crippen LogP) is 2.97. The molecule has 0 atom stereocenters. The lowest BCUT2D eigenvalue weighted by Gasteiger charge is -2.14. The van der Waals surface area contributed by atoms with E-state index in [4.69, 9.17) is 15.2 Å². The molecule has 2 aromatic rings. The Bertz CT molecular complexity index is 562. The van der Waals surface area contributed by atoms with E-state index >= 15 is 0 Å². The fraction of sp³-hybridized carbons (Fsp3) is 0.200. The van der Waals surface area contributed by atoms with Crippen molar-refractivity contribution in [3.63, 3.8) is 0 Å². The highest BCUT2D eigenvalue weighted by Crippen LogP contribution is 2.39. The van der Waals surface area contributed by atoms with Gasteiger partial charge in [-0.1, -0.05) is 18.2 Å². The van der Waals surface area contributed by atoms with Crippen LogP contribution in [0.2, 0.25) is 0 Å². The number of hydrogen-bond donors (Lipinski definition) is 1. The maximum atomic E-state index is 14.2. The van der Waals surface area contributed by atoms with E-state index in [0.717, 1.165) is 5.56 Å². The van der Waals surface area contributed by atoms with Gasteiger partial charge < -0.3 is 15.2 Å². The summed E-state index contributed by atoms with van der Waals surface area (Å²) in [5.41, 5.74) is 7.29. The molecular weight excluding hydrogens is 245 g/mol. The van der Waals surface area contributed by atoms with Crippen molar-refractivity contribution in [1.82, 2.24) is 0 Å². The molecule has 0 aliphatic heterocycles. The van der Waals surface area contributed by atoms with Crippen molar-refractivity contribution in [3.8, 4) is 22.6 Å². The Labute approximate surface area is 111 Å². The maximum Gasteiger partial charge on any atom is 0.131 e. The Morgan fingerprint density at radius 1 is 1.05 bits per heavy atom. The first kappa shape index (κ1) is 13.4. The van der Waals surface area contributed by atoms with E-state index in [1.807, 2.05) is 0 Å². The molecule has 0 aliphatic rings. The van der Waals surface area contributed by atoms with Crippen LogP contribution in [0.15, 0.2) is 36.4 Å². The molecule has 0 radical (unpaired) electrons. The summed E-state index contributed by atoms with van der Waals surface area (Å²) in [4.78, 5) is 0. The molecule has 0 saturated carbocycles. The second kappa shape index (κ2) is 5.71. The van der Waals surface area contributed by atoms with Crippen LogP contribution in [0.3, 0.4) is 0 Å². The number of benzene rings is 2. The van der Waals surface area contributed by atoms with Crippen molar-refractivity contribution >= 4 is 0 Å². The van der Waals surface area contributed by atoms with Gasteiger partial charge in [-0.2, -0.15) is 0 Å². The van der Waals surface area contributed by atoms with Crippen LogP contribution in [0.25, 0.3) is 11.1 Å². The molecule has 0 aliphatic carbocycles. The summed E-state index contributed by atoms with van der Waals surface area (Å²) >= 11 is 0. The number of hydrogen-bond acceptors (Lipinski definition) is 3. The minimum atomic E-state index is -0.342. The molecule has 3 nitrogen and oxygen atoms in total. The van der Waals surface area contributed by atoms with Crippen molar-refractivity contribution in [1.29, 1.82) is 0 Å². The van der Waals surface area contributed by atoms with Crippen LogP contribution in [-0.2, 0) is 6.54 Å². The van der Waals surface area contributed by atoms with Crippen LogP contribution < -0.4 is 15.2 Å². The van der Waals surface area contributed by atoms with Crippen LogP contribution in [0.5, 0.6) is 11.5 Å². The Morgan fingerprint density at radius 2 is 1.68 bits per heavy atom. The van der Waals surface area contributed by atoms with Crippen LogP contribution in [0, 0.1) is 5.82 Å². The topological polar surface area (TPSA) is 44.5 Å². The fourth-order valence-corrected chi connectivity index (χ4v) is 2.00. The molecule has 0 unspecified atom stereocenters. The molecule has 0 amide bonds. The summed E-state index contributed by atoms with van der Waals surface area (Å²) < 4.78 is 24.8. The highest BCUT2D eigenvalue weighted by atomic mass is 19.1. The molecular formula is C15H16FNO2. The van der Waals surface area contributed by atoms with Gasteiger partial charge in [0, 0.05) is 12.1 Å². The van der Waals surface area contributed by atoms with Gasteiger partial charge in [-0.05, 0) is 23.8 Å². The van der Waals surface area contributed by atoms with Crippen molar-refractivity contribution in [2.45, 2.75) is 6.54 Å². The SMILES string of the molecule is COc1cccc(OC)c1-c1ccc(CN)cc1F. The molecule has 0 spiro atoms. The Balaban J connectivity index is 2.63. The minimum absolute atomic E-state index is 0.306. The number of halogens is 1. The smallest absolute Gasteiger partial charge is 0.131 e. The van der Waals surface area contributed by atoms with Crippen molar-refractivity contribution in [2.75, 3.05) is 14.2 Å². The van der Waals surface area contributed by atoms with Crippen LogP contribution >= 0.6 is 0 Å². The van der Waals surface area contributed by atoms with Crippen molar-refractivity contribution in [2.24, 2.45) is 5.73 Å². The van der Waals surface area contributed by atoms with Gasteiger partial charge in [0.05, 0.1) is 19.8 Å². The monoisotopic (exact) mass is 261 g/mol. The predicted molar refractivity (Wildman–Crippen MR) is 72.8 cm³/mol. The van der Waals surface area contributed by atoms with Gasteiger partial charge in [0.15, 0.2) is 0 Å². The second-order valence-corrected chi connectivity index (χ2v) is 4.06. The Hall–Kier alpha value is -2.07.